The Morgan fingerprint density at radius 2 is 1.83 bits per heavy atom. The van der Waals surface area contributed by atoms with Gasteiger partial charge >= 0.3 is 5.97 Å². The smallest absolute Gasteiger partial charge is 0.374 e. The lowest BCUT2D eigenvalue weighted by atomic mass is 9.99. The van der Waals surface area contributed by atoms with E-state index in [-0.39, 0.29) is 17.8 Å². The van der Waals surface area contributed by atoms with Gasteiger partial charge in [0.05, 0.1) is 20.6 Å². The maximum absolute atomic E-state index is 12.1. The van der Waals surface area contributed by atoms with Crippen LogP contribution >= 0.6 is 0 Å². The first-order chi connectivity index (χ1) is 11.0. The van der Waals surface area contributed by atoms with Gasteiger partial charge in [0, 0.05) is 12.3 Å². The van der Waals surface area contributed by atoms with Crippen LogP contribution in [0.25, 0.3) is 0 Å². The minimum absolute atomic E-state index is 0.104. The quantitative estimate of drug-likeness (QED) is 0.798. The summed E-state index contributed by atoms with van der Waals surface area (Å²) in [6.45, 7) is 4.94. The molecule has 0 unspecified atom stereocenters. The van der Waals surface area contributed by atoms with Crippen molar-refractivity contribution in [3.63, 3.8) is 0 Å². The Morgan fingerprint density at radius 1 is 1.13 bits per heavy atom. The number of esters is 1. The van der Waals surface area contributed by atoms with E-state index >= 15 is 0 Å². The molecule has 0 aliphatic carbocycles. The number of hydrogen-bond donors (Lipinski definition) is 1. The summed E-state index contributed by atoms with van der Waals surface area (Å²) in [4.78, 5) is 13.5. The third-order valence-corrected chi connectivity index (χ3v) is 3.91. The van der Waals surface area contributed by atoms with Crippen molar-refractivity contribution < 1.29 is 18.8 Å². The van der Waals surface area contributed by atoms with Crippen LogP contribution < -0.4 is 4.90 Å². The number of furan rings is 1. The van der Waals surface area contributed by atoms with Gasteiger partial charge in [0.2, 0.25) is 5.76 Å². The normalized spacial score (nSPS) is 13.8. The number of nitrogens with one attached hydrogen (secondary N) is 1. The van der Waals surface area contributed by atoms with E-state index in [1.807, 2.05) is 31.2 Å². The van der Waals surface area contributed by atoms with Crippen LogP contribution in [0.1, 0.15) is 48.1 Å². The second-order valence-electron chi connectivity index (χ2n) is 6.30. The van der Waals surface area contributed by atoms with Gasteiger partial charge in [0.15, 0.2) is 0 Å². The monoisotopic (exact) mass is 316 g/mol. The molecule has 1 aromatic heterocycles. The van der Waals surface area contributed by atoms with E-state index in [2.05, 4.69) is 33.2 Å². The number of carbonyl (C=O) groups excluding carboxylic acids is 1. The summed E-state index contributed by atoms with van der Waals surface area (Å²) in [6.07, 6.45) is 0.722. The van der Waals surface area contributed by atoms with Gasteiger partial charge in [0.25, 0.3) is 0 Å². The molecule has 1 heterocycles. The number of carbonyl (C=O) groups is 1. The summed E-state index contributed by atoms with van der Waals surface area (Å²) >= 11 is 0. The molecule has 4 heteroatoms. The summed E-state index contributed by atoms with van der Waals surface area (Å²) in [6, 6.07) is 13.6. The highest BCUT2D eigenvalue weighted by atomic mass is 16.6. The molecular weight excluding hydrogens is 290 g/mol. The second kappa shape index (κ2) is 7.97. The van der Waals surface area contributed by atoms with Gasteiger partial charge in [0.1, 0.15) is 11.9 Å². The van der Waals surface area contributed by atoms with E-state index in [0.29, 0.717) is 0 Å². The maximum atomic E-state index is 12.1. The molecule has 23 heavy (non-hydrogen) atoms. The van der Waals surface area contributed by atoms with Gasteiger partial charge in [-0.2, -0.15) is 0 Å². The van der Waals surface area contributed by atoms with Crippen molar-refractivity contribution in [3.8, 4) is 0 Å². The summed E-state index contributed by atoms with van der Waals surface area (Å²) in [7, 11) is 4.16. The van der Waals surface area contributed by atoms with Crippen LogP contribution in [0.15, 0.2) is 46.9 Å². The Balaban J connectivity index is 1.97. The van der Waals surface area contributed by atoms with Crippen LogP contribution in [0.5, 0.6) is 0 Å². The Bertz CT molecular complexity index is 619. The number of rotatable bonds is 7. The molecular formula is C19H26NO3+. The molecule has 1 aromatic carbocycles. The lowest BCUT2D eigenvalue weighted by Gasteiger charge is -2.14. The first kappa shape index (κ1) is 17.3. The topological polar surface area (TPSA) is 43.9 Å². The molecule has 124 valence electrons. The maximum Gasteiger partial charge on any atom is 0.374 e. The molecule has 0 spiro atoms. The van der Waals surface area contributed by atoms with Crippen LogP contribution in [-0.2, 0) is 4.74 Å². The van der Waals surface area contributed by atoms with Gasteiger partial charge in [-0.05, 0) is 24.6 Å². The number of ether oxygens (including phenoxy) is 1. The average Bonchev–Trinajstić information content (AvgIpc) is 3.03. The van der Waals surface area contributed by atoms with E-state index in [1.54, 1.807) is 6.07 Å². The van der Waals surface area contributed by atoms with Crippen LogP contribution in [0.3, 0.4) is 0 Å². The molecule has 2 rings (SSSR count). The molecule has 0 amide bonds. The molecule has 2 aromatic rings. The van der Waals surface area contributed by atoms with Crippen molar-refractivity contribution in [1.29, 1.82) is 0 Å². The predicted molar refractivity (Wildman–Crippen MR) is 89.8 cm³/mol. The number of quaternary nitrogens is 1. The van der Waals surface area contributed by atoms with Crippen LogP contribution in [0.4, 0.5) is 0 Å². The lowest BCUT2D eigenvalue weighted by Crippen LogP contribution is -3.05. The Labute approximate surface area is 138 Å². The standard InChI is InChI=1S/C19H25NO3/c1-14(12-13-20(3)4)22-19(21)18-11-10-17(23-18)15(2)16-8-6-5-7-9-16/h5-11,14-15H,12-13H2,1-4H3/p+1/t14-,15+/m1/s1. The molecule has 0 saturated carbocycles. The fourth-order valence-electron chi connectivity index (χ4n) is 2.39. The molecule has 0 fully saturated rings. The van der Waals surface area contributed by atoms with E-state index in [9.17, 15) is 4.79 Å². The fourth-order valence-corrected chi connectivity index (χ4v) is 2.39. The largest absolute Gasteiger partial charge is 0.457 e. The minimum Gasteiger partial charge on any atom is -0.457 e. The molecule has 2 atom stereocenters. The SMILES string of the molecule is C[C@@H](c1ccccc1)c1ccc(C(=O)O[C@H](C)CC[NH+](C)C)o1. The summed E-state index contributed by atoms with van der Waals surface area (Å²) < 4.78 is 11.1. The highest BCUT2D eigenvalue weighted by molar-refractivity contribution is 5.86. The Hall–Kier alpha value is -2.07. The third-order valence-electron chi connectivity index (χ3n) is 3.91. The molecule has 1 N–H and O–H groups in total. The first-order valence-electron chi connectivity index (χ1n) is 8.12. The number of benzene rings is 1. The molecule has 0 radical (unpaired) electrons. The number of hydrogen-bond acceptors (Lipinski definition) is 3. The predicted octanol–water partition coefficient (Wildman–Crippen LogP) is 2.51. The van der Waals surface area contributed by atoms with Crippen molar-refractivity contribution in [2.24, 2.45) is 0 Å². The van der Waals surface area contributed by atoms with Crippen LogP contribution in [-0.4, -0.2) is 32.7 Å². The molecule has 0 bridgehead atoms. The Kier molecular flexibility index (Phi) is 5.99. The van der Waals surface area contributed by atoms with E-state index in [0.717, 1.165) is 24.3 Å². The highest BCUT2D eigenvalue weighted by Crippen LogP contribution is 2.26. The zero-order valence-electron chi connectivity index (χ0n) is 14.3. The van der Waals surface area contributed by atoms with Crippen molar-refractivity contribution in [3.05, 3.63) is 59.5 Å². The van der Waals surface area contributed by atoms with Gasteiger partial charge in [-0.15, -0.1) is 0 Å². The summed E-state index contributed by atoms with van der Waals surface area (Å²) in [5.74, 6) is 0.755. The summed E-state index contributed by atoms with van der Waals surface area (Å²) in [5, 5.41) is 0. The van der Waals surface area contributed by atoms with E-state index in [4.69, 9.17) is 9.15 Å². The third kappa shape index (κ3) is 4.96. The minimum atomic E-state index is -0.391. The second-order valence-corrected chi connectivity index (χ2v) is 6.30. The molecule has 0 aliphatic rings. The highest BCUT2D eigenvalue weighted by Gasteiger charge is 2.19. The van der Waals surface area contributed by atoms with Gasteiger partial charge in [-0.3, -0.25) is 0 Å². The van der Waals surface area contributed by atoms with Crippen LogP contribution in [0, 0.1) is 0 Å². The fraction of sp³-hybridized carbons (Fsp3) is 0.421. The Morgan fingerprint density at radius 3 is 2.48 bits per heavy atom. The first-order valence-corrected chi connectivity index (χ1v) is 8.12. The average molecular weight is 316 g/mol. The molecule has 4 nitrogen and oxygen atoms in total. The van der Waals surface area contributed by atoms with Crippen molar-refractivity contribution >= 4 is 5.97 Å². The van der Waals surface area contributed by atoms with Crippen molar-refractivity contribution in [1.82, 2.24) is 0 Å². The lowest BCUT2D eigenvalue weighted by molar-refractivity contribution is -0.858. The zero-order chi connectivity index (χ0) is 16.8. The van der Waals surface area contributed by atoms with Crippen LogP contribution in [0.2, 0.25) is 0 Å². The molecule has 0 aliphatic heterocycles. The zero-order valence-corrected chi connectivity index (χ0v) is 14.3. The van der Waals surface area contributed by atoms with E-state index < -0.39 is 5.97 Å². The van der Waals surface area contributed by atoms with Gasteiger partial charge in [-0.1, -0.05) is 37.3 Å². The molecule has 0 saturated heterocycles. The van der Waals surface area contributed by atoms with Gasteiger partial charge in [-0.25, -0.2) is 4.79 Å². The summed E-state index contributed by atoms with van der Waals surface area (Å²) in [5.41, 5.74) is 1.16. The van der Waals surface area contributed by atoms with Crippen molar-refractivity contribution in [2.45, 2.75) is 32.3 Å². The van der Waals surface area contributed by atoms with Gasteiger partial charge < -0.3 is 14.1 Å². The van der Waals surface area contributed by atoms with E-state index in [1.165, 1.54) is 4.90 Å². The van der Waals surface area contributed by atoms with Crippen molar-refractivity contribution in [2.75, 3.05) is 20.6 Å².